The van der Waals surface area contributed by atoms with E-state index in [1.807, 2.05) is 0 Å². The van der Waals surface area contributed by atoms with Crippen molar-refractivity contribution in [2.45, 2.75) is 420 Å². The van der Waals surface area contributed by atoms with Crippen LogP contribution in [0.2, 0.25) is 0 Å². The van der Waals surface area contributed by atoms with Crippen molar-refractivity contribution in [1.82, 2.24) is 0 Å². The van der Waals surface area contributed by atoms with E-state index in [4.69, 9.17) is 37.0 Å². The monoisotopic (exact) mass is 1420 g/mol. The van der Waals surface area contributed by atoms with Crippen molar-refractivity contribution in [1.29, 1.82) is 0 Å². The molecule has 17 nitrogen and oxygen atoms in total. The average Bonchev–Trinajstić information content (AvgIpc) is 1.91. The number of aliphatic hydroxyl groups excluding tert-OH is 1. The summed E-state index contributed by atoms with van der Waals surface area (Å²) in [5, 5.41) is 10.6. The molecule has 0 spiro atoms. The van der Waals surface area contributed by atoms with Crippen molar-refractivity contribution >= 4 is 39.5 Å². The molecule has 0 aliphatic rings. The van der Waals surface area contributed by atoms with E-state index < -0.39 is 97.5 Å². The number of ether oxygens (including phenoxy) is 4. The topological polar surface area (TPSA) is 237 Å². The molecule has 0 aliphatic carbocycles. The van der Waals surface area contributed by atoms with E-state index in [9.17, 15) is 43.2 Å². The van der Waals surface area contributed by atoms with Crippen LogP contribution in [0.3, 0.4) is 0 Å². The highest BCUT2D eigenvalue weighted by Crippen LogP contribution is 2.45. The lowest BCUT2D eigenvalue weighted by atomic mass is 9.99. The number of rotatable bonds is 76. The summed E-state index contributed by atoms with van der Waals surface area (Å²) in [6.07, 6.45) is 55.5. The summed E-state index contributed by atoms with van der Waals surface area (Å²) in [5.74, 6) is 0.299. The van der Waals surface area contributed by atoms with Gasteiger partial charge in [-0.05, 0) is 43.4 Å². The predicted molar refractivity (Wildman–Crippen MR) is 395 cm³/mol. The Morgan fingerprint density at radius 1 is 0.299 bits per heavy atom. The molecule has 0 bridgehead atoms. The zero-order chi connectivity index (χ0) is 71.6. The van der Waals surface area contributed by atoms with E-state index in [1.54, 1.807) is 0 Å². The number of phosphoric acid groups is 2. The van der Waals surface area contributed by atoms with Gasteiger partial charge in [0.2, 0.25) is 0 Å². The van der Waals surface area contributed by atoms with Crippen LogP contribution in [0.15, 0.2) is 0 Å². The molecule has 576 valence electrons. The number of esters is 4. The average molecular weight is 1420 g/mol. The van der Waals surface area contributed by atoms with Crippen molar-refractivity contribution < 1.29 is 80.2 Å². The maximum atomic E-state index is 13.1. The van der Waals surface area contributed by atoms with Gasteiger partial charge in [-0.25, -0.2) is 9.13 Å². The van der Waals surface area contributed by atoms with Crippen molar-refractivity contribution in [2.75, 3.05) is 39.6 Å². The Morgan fingerprint density at radius 3 is 0.784 bits per heavy atom. The van der Waals surface area contributed by atoms with Gasteiger partial charge in [-0.3, -0.25) is 37.3 Å². The number of carbonyl (C=O) groups is 4. The standard InChI is InChI=1S/C78H152O17P2/c1-8-10-11-12-35-45-52-59-75(80)88-65-73(94-78(83)62-55-48-41-34-28-22-24-30-37-43-50-57-70(5)6)67-92-96(84,85)90-63-72(79)64-91-97(86,87)93-68-74(95-77(82)61-54-47-40-33-27-21-15-13-14-18-23-29-36-42-49-56-69(3)4)66-89-76(81)60-53-46-39-32-26-20-17-16-19-25-31-38-44-51-58-71(7)9-2/h69-74,79H,8-68H2,1-7H3,(H,84,85)(H,86,87)/t71?,72-,73+,74+/m0/s1. The number of aliphatic hydroxyl groups is 1. The van der Waals surface area contributed by atoms with E-state index in [1.165, 1.54) is 199 Å². The highest BCUT2D eigenvalue weighted by atomic mass is 31.2. The minimum absolute atomic E-state index is 0.106. The minimum Gasteiger partial charge on any atom is -0.462 e. The molecule has 0 aromatic carbocycles. The normalized spacial score (nSPS) is 14.3. The molecule has 0 radical (unpaired) electrons. The maximum absolute atomic E-state index is 13.1. The Hall–Kier alpha value is -1.94. The van der Waals surface area contributed by atoms with Gasteiger partial charge in [0.1, 0.15) is 19.3 Å². The fraction of sp³-hybridized carbons (Fsp3) is 0.949. The van der Waals surface area contributed by atoms with Gasteiger partial charge >= 0.3 is 39.5 Å². The van der Waals surface area contributed by atoms with Crippen LogP contribution in [0.5, 0.6) is 0 Å². The van der Waals surface area contributed by atoms with E-state index in [0.29, 0.717) is 25.7 Å². The molecule has 0 rings (SSSR count). The van der Waals surface area contributed by atoms with Crippen molar-refractivity contribution in [3.05, 3.63) is 0 Å². The Bertz CT molecular complexity index is 1890. The lowest BCUT2D eigenvalue weighted by Gasteiger charge is -2.21. The molecule has 0 aliphatic heterocycles. The molecule has 3 N–H and O–H groups in total. The molecular weight excluding hydrogens is 1270 g/mol. The van der Waals surface area contributed by atoms with Crippen LogP contribution in [-0.2, 0) is 65.4 Å². The fourth-order valence-corrected chi connectivity index (χ4v) is 13.5. The molecule has 19 heteroatoms. The van der Waals surface area contributed by atoms with E-state index in [2.05, 4.69) is 48.5 Å². The third-order valence-electron chi connectivity index (χ3n) is 18.5. The molecular formula is C78H152O17P2. The lowest BCUT2D eigenvalue weighted by molar-refractivity contribution is -0.161. The third-order valence-corrected chi connectivity index (χ3v) is 20.4. The van der Waals surface area contributed by atoms with Crippen LogP contribution < -0.4 is 0 Å². The molecule has 0 saturated heterocycles. The van der Waals surface area contributed by atoms with Crippen LogP contribution in [0.1, 0.15) is 402 Å². The Labute approximate surface area is 594 Å². The van der Waals surface area contributed by atoms with Crippen LogP contribution in [0.4, 0.5) is 0 Å². The highest BCUT2D eigenvalue weighted by Gasteiger charge is 2.30. The van der Waals surface area contributed by atoms with Crippen LogP contribution in [-0.4, -0.2) is 96.7 Å². The van der Waals surface area contributed by atoms with Crippen molar-refractivity contribution in [3.63, 3.8) is 0 Å². The molecule has 6 atom stereocenters. The van der Waals surface area contributed by atoms with E-state index in [0.717, 1.165) is 120 Å². The Morgan fingerprint density at radius 2 is 0.526 bits per heavy atom. The zero-order valence-corrected chi connectivity index (χ0v) is 65.3. The number of hydrogen-bond acceptors (Lipinski definition) is 15. The molecule has 0 saturated carbocycles. The number of phosphoric ester groups is 2. The minimum atomic E-state index is -4.96. The number of unbranched alkanes of at least 4 members (excludes halogenated alkanes) is 43. The van der Waals surface area contributed by atoms with Gasteiger partial charge in [0, 0.05) is 25.7 Å². The van der Waals surface area contributed by atoms with Crippen LogP contribution in [0, 0.1) is 17.8 Å². The van der Waals surface area contributed by atoms with E-state index in [-0.39, 0.29) is 25.7 Å². The molecule has 97 heavy (non-hydrogen) atoms. The first-order chi connectivity index (χ1) is 46.8. The summed E-state index contributed by atoms with van der Waals surface area (Å²) >= 11 is 0. The highest BCUT2D eigenvalue weighted by molar-refractivity contribution is 7.47. The van der Waals surface area contributed by atoms with Crippen LogP contribution in [0.25, 0.3) is 0 Å². The molecule has 0 heterocycles. The molecule has 0 aromatic heterocycles. The number of hydrogen-bond donors (Lipinski definition) is 3. The quantitative estimate of drug-likeness (QED) is 0.0222. The molecule has 0 aromatic rings. The third kappa shape index (κ3) is 70.9. The van der Waals surface area contributed by atoms with Gasteiger partial charge in [0.25, 0.3) is 0 Å². The summed E-state index contributed by atoms with van der Waals surface area (Å²) in [4.78, 5) is 72.8. The van der Waals surface area contributed by atoms with Crippen LogP contribution >= 0.6 is 15.6 Å². The SMILES string of the molecule is CCCCCCCCCC(=O)OC[C@H](COP(=O)(O)OC[C@H](O)COP(=O)(O)OC[C@@H](COC(=O)CCCCCCCCCCCCCCCCC(C)CC)OC(=O)CCCCCCCCCCCCCCCCCC(C)C)OC(=O)CCCCCCCCCCCCCC(C)C. The summed E-state index contributed by atoms with van der Waals surface area (Å²) in [6, 6.07) is 0. The van der Waals surface area contributed by atoms with Gasteiger partial charge in [-0.15, -0.1) is 0 Å². The largest absolute Gasteiger partial charge is 0.472 e. The molecule has 0 amide bonds. The van der Waals surface area contributed by atoms with E-state index >= 15 is 0 Å². The fourth-order valence-electron chi connectivity index (χ4n) is 11.9. The van der Waals surface area contributed by atoms with Crippen molar-refractivity contribution in [2.24, 2.45) is 17.8 Å². The Kier molecular flexibility index (Phi) is 67.1. The first-order valence-corrected chi connectivity index (χ1v) is 43.4. The first-order valence-electron chi connectivity index (χ1n) is 40.4. The number of carbonyl (C=O) groups excluding carboxylic acids is 4. The predicted octanol–water partition coefficient (Wildman–Crippen LogP) is 23.0. The van der Waals surface area contributed by atoms with Gasteiger partial charge in [0.05, 0.1) is 26.4 Å². The Balaban J connectivity index is 5.20. The summed E-state index contributed by atoms with van der Waals surface area (Å²) < 4.78 is 68.5. The second kappa shape index (κ2) is 68.5. The zero-order valence-electron chi connectivity index (χ0n) is 63.5. The van der Waals surface area contributed by atoms with Gasteiger partial charge < -0.3 is 33.8 Å². The summed E-state index contributed by atoms with van der Waals surface area (Å²) in [5.41, 5.74) is 0. The van der Waals surface area contributed by atoms with Gasteiger partial charge in [-0.1, -0.05) is 350 Å². The first kappa shape index (κ1) is 95.1. The van der Waals surface area contributed by atoms with Gasteiger partial charge in [-0.2, -0.15) is 0 Å². The van der Waals surface area contributed by atoms with Gasteiger partial charge in [0.15, 0.2) is 12.2 Å². The lowest BCUT2D eigenvalue weighted by Crippen LogP contribution is -2.30. The maximum Gasteiger partial charge on any atom is 0.472 e. The van der Waals surface area contributed by atoms with Crippen molar-refractivity contribution in [3.8, 4) is 0 Å². The summed E-state index contributed by atoms with van der Waals surface area (Å²) in [7, 11) is -9.91. The smallest absolute Gasteiger partial charge is 0.462 e. The second-order valence-corrected chi connectivity index (χ2v) is 32.2. The molecule has 0 fully saturated rings. The summed E-state index contributed by atoms with van der Waals surface area (Å²) in [6.45, 7) is 12.0. The second-order valence-electron chi connectivity index (χ2n) is 29.3. The molecule has 3 unspecified atom stereocenters.